The van der Waals surface area contributed by atoms with Crippen LogP contribution in [0.4, 0.5) is 0 Å². The van der Waals surface area contributed by atoms with Crippen molar-refractivity contribution < 1.29 is 9.53 Å². The summed E-state index contributed by atoms with van der Waals surface area (Å²) in [5, 5.41) is 0. The SMILES string of the molecule is C=CCC1Cc2cc3c(cc2OC1=O)CCC3. The number of fused-ring (bicyclic) bond motifs is 2. The maximum Gasteiger partial charge on any atom is 0.314 e. The van der Waals surface area contributed by atoms with Crippen molar-refractivity contribution in [3.05, 3.63) is 41.5 Å². The third kappa shape index (κ3) is 1.78. The molecule has 1 aliphatic heterocycles. The quantitative estimate of drug-likeness (QED) is 0.442. The highest BCUT2D eigenvalue weighted by molar-refractivity contribution is 5.78. The first-order valence-electron chi connectivity index (χ1n) is 6.25. The number of carbonyl (C=O) groups is 1. The molecule has 17 heavy (non-hydrogen) atoms. The Morgan fingerprint density at radius 2 is 2.06 bits per heavy atom. The summed E-state index contributed by atoms with van der Waals surface area (Å²) in [5.74, 6) is 0.644. The first-order valence-corrected chi connectivity index (χ1v) is 6.25. The summed E-state index contributed by atoms with van der Waals surface area (Å²) in [6, 6.07) is 4.31. The van der Waals surface area contributed by atoms with Crippen molar-refractivity contribution in [2.24, 2.45) is 5.92 Å². The van der Waals surface area contributed by atoms with Crippen LogP contribution in [0.3, 0.4) is 0 Å². The minimum atomic E-state index is -0.102. The van der Waals surface area contributed by atoms with Crippen molar-refractivity contribution in [1.82, 2.24) is 0 Å². The van der Waals surface area contributed by atoms with Crippen molar-refractivity contribution >= 4 is 5.97 Å². The first-order chi connectivity index (χ1) is 8.28. The molecule has 1 aliphatic carbocycles. The van der Waals surface area contributed by atoms with E-state index in [-0.39, 0.29) is 11.9 Å². The standard InChI is InChI=1S/C15H16O2/c1-2-4-12-8-13-7-10-5-3-6-11(10)9-14(13)17-15(12)16/h2,7,9,12H,1,3-6,8H2. The summed E-state index contributed by atoms with van der Waals surface area (Å²) in [6.07, 6.45) is 6.81. The Labute approximate surface area is 101 Å². The molecule has 1 aromatic carbocycles. The van der Waals surface area contributed by atoms with Crippen LogP contribution in [-0.2, 0) is 24.1 Å². The fraction of sp³-hybridized carbons (Fsp3) is 0.400. The molecule has 0 spiro atoms. The van der Waals surface area contributed by atoms with E-state index < -0.39 is 0 Å². The number of hydrogen-bond donors (Lipinski definition) is 0. The number of carbonyl (C=O) groups excluding carboxylic acids is 1. The fourth-order valence-electron chi connectivity index (χ4n) is 2.83. The predicted molar refractivity (Wildman–Crippen MR) is 66.1 cm³/mol. The number of ether oxygens (including phenoxy) is 1. The highest BCUT2D eigenvalue weighted by atomic mass is 16.5. The first kappa shape index (κ1) is 10.6. The zero-order valence-corrected chi connectivity index (χ0v) is 9.87. The number of esters is 1. The second-order valence-electron chi connectivity index (χ2n) is 4.93. The highest BCUT2D eigenvalue weighted by Crippen LogP contribution is 2.35. The van der Waals surface area contributed by atoms with Crippen molar-refractivity contribution in [1.29, 1.82) is 0 Å². The molecule has 88 valence electrons. The van der Waals surface area contributed by atoms with Gasteiger partial charge in [-0.1, -0.05) is 12.1 Å². The summed E-state index contributed by atoms with van der Waals surface area (Å²) in [6.45, 7) is 3.70. The molecular formula is C15H16O2. The third-order valence-electron chi connectivity index (χ3n) is 3.74. The molecule has 2 aliphatic rings. The molecule has 3 rings (SSSR count). The van der Waals surface area contributed by atoms with E-state index in [1.54, 1.807) is 6.08 Å². The largest absolute Gasteiger partial charge is 0.426 e. The Kier molecular flexibility index (Phi) is 2.50. The zero-order valence-electron chi connectivity index (χ0n) is 9.87. The van der Waals surface area contributed by atoms with Crippen molar-refractivity contribution in [2.75, 3.05) is 0 Å². The van der Waals surface area contributed by atoms with Gasteiger partial charge in [-0.25, -0.2) is 0 Å². The molecule has 2 heteroatoms. The van der Waals surface area contributed by atoms with Crippen LogP contribution in [0.15, 0.2) is 24.8 Å². The molecule has 0 saturated heterocycles. The van der Waals surface area contributed by atoms with E-state index in [1.807, 2.05) is 0 Å². The van der Waals surface area contributed by atoms with E-state index in [0.717, 1.165) is 18.6 Å². The van der Waals surface area contributed by atoms with Gasteiger partial charge in [0.15, 0.2) is 0 Å². The number of benzene rings is 1. The lowest BCUT2D eigenvalue weighted by atomic mass is 9.91. The number of rotatable bonds is 2. The Bertz CT molecular complexity index is 488. The molecular weight excluding hydrogens is 212 g/mol. The minimum Gasteiger partial charge on any atom is -0.426 e. The summed E-state index contributed by atoms with van der Waals surface area (Å²) in [7, 11) is 0. The topological polar surface area (TPSA) is 26.3 Å². The molecule has 1 atom stereocenters. The maximum atomic E-state index is 11.8. The third-order valence-corrected chi connectivity index (χ3v) is 3.74. The molecule has 0 bridgehead atoms. The molecule has 0 amide bonds. The molecule has 0 aromatic heterocycles. The summed E-state index contributed by atoms with van der Waals surface area (Å²) in [5.41, 5.74) is 4.00. The van der Waals surface area contributed by atoms with E-state index >= 15 is 0 Å². The van der Waals surface area contributed by atoms with Crippen LogP contribution in [0.5, 0.6) is 5.75 Å². The maximum absolute atomic E-state index is 11.8. The lowest BCUT2D eigenvalue weighted by Gasteiger charge is -2.23. The van der Waals surface area contributed by atoms with Gasteiger partial charge in [-0.05, 0) is 54.9 Å². The van der Waals surface area contributed by atoms with Crippen molar-refractivity contribution in [2.45, 2.75) is 32.1 Å². The Balaban J connectivity index is 1.96. The van der Waals surface area contributed by atoms with E-state index in [4.69, 9.17) is 4.74 Å². The lowest BCUT2D eigenvalue weighted by molar-refractivity contribution is -0.140. The van der Waals surface area contributed by atoms with E-state index in [9.17, 15) is 4.79 Å². The number of aryl methyl sites for hydroxylation is 2. The van der Waals surface area contributed by atoms with E-state index in [2.05, 4.69) is 18.7 Å². The second-order valence-corrected chi connectivity index (χ2v) is 4.93. The lowest BCUT2D eigenvalue weighted by Crippen LogP contribution is -2.27. The molecule has 1 aromatic rings. The van der Waals surface area contributed by atoms with Gasteiger partial charge in [-0.15, -0.1) is 6.58 Å². The Morgan fingerprint density at radius 3 is 2.82 bits per heavy atom. The van der Waals surface area contributed by atoms with Gasteiger partial charge >= 0.3 is 5.97 Å². The predicted octanol–water partition coefficient (Wildman–Crippen LogP) is 2.83. The number of hydrogen-bond acceptors (Lipinski definition) is 2. The molecule has 1 heterocycles. The number of allylic oxidation sites excluding steroid dienone is 1. The van der Waals surface area contributed by atoms with E-state index in [1.165, 1.54) is 29.5 Å². The molecule has 0 saturated carbocycles. The summed E-state index contributed by atoms with van der Waals surface area (Å²) < 4.78 is 5.44. The van der Waals surface area contributed by atoms with Gasteiger partial charge in [0.05, 0.1) is 5.92 Å². The minimum absolute atomic E-state index is 0.0422. The molecule has 0 fully saturated rings. The van der Waals surface area contributed by atoms with Crippen LogP contribution < -0.4 is 4.74 Å². The van der Waals surface area contributed by atoms with Crippen LogP contribution in [0, 0.1) is 5.92 Å². The van der Waals surface area contributed by atoms with Crippen molar-refractivity contribution in [3.8, 4) is 5.75 Å². The van der Waals surface area contributed by atoms with E-state index in [0.29, 0.717) is 6.42 Å². The van der Waals surface area contributed by atoms with Crippen LogP contribution >= 0.6 is 0 Å². The molecule has 1 unspecified atom stereocenters. The van der Waals surface area contributed by atoms with Crippen LogP contribution in [-0.4, -0.2) is 5.97 Å². The zero-order chi connectivity index (χ0) is 11.8. The van der Waals surface area contributed by atoms with Gasteiger partial charge in [0.2, 0.25) is 0 Å². The molecule has 2 nitrogen and oxygen atoms in total. The van der Waals surface area contributed by atoms with Gasteiger partial charge < -0.3 is 4.74 Å². The van der Waals surface area contributed by atoms with Crippen LogP contribution in [0.1, 0.15) is 29.5 Å². The second kappa shape index (κ2) is 4.02. The van der Waals surface area contributed by atoms with Crippen molar-refractivity contribution in [3.63, 3.8) is 0 Å². The summed E-state index contributed by atoms with van der Waals surface area (Å²) >= 11 is 0. The van der Waals surface area contributed by atoms with Gasteiger partial charge in [0, 0.05) is 0 Å². The molecule has 0 N–H and O–H groups in total. The average Bonchev–Trinajstić information content (AvgIpc) is 2.74. The smallest absolute Gasteiger partial charge is 0.314 e. The average molecular weight is 228 g/mol. The van der Waals surface area contributed by atoms with Gasteiger partial charge in [0.25, 0.3) is 0 Å². The monoisotopic (exact) mass is 228 g/mol. The Hall–Kier alpha value is -1.57. The van der Waals surface area contributed by atoms with Gasteiger partial charge in [0.1, 0.15) is 5.75 Å². The molecule has 0 radical (unpaired) electrons. The fourth-order valence-corrected chi connectivity index (χ4v) is 2.83. The van der Waals surface area contributed by atoms with Gasteiger partial charge in [-0.3, -0.25) is 4.79 Å². The highest BCUT2D eigenvalue weighted by Gasteiger charge is 2.28. The summed E-state index contributed by atoms with van der Waals surface area (Å²) in [4.78, 5) is 11.8. The normalized spacial score (nSPS) is 21.6. The van der Waals surface area contributed by atoms with Crippen LogP contribution in [0.2, 0.25) is 0 Å². The van der Waals surface area contributed by atoms with Gasteiger partial charge in [-0.2, -0.15) is 0 Å². The Morgan fingerprint density at radius 1 is 1.29 bits per heavy atom. The van der Waals surface area contributed by atoms with Crippen LogP contribution in [0.25, 0.3) is 0 Å².